The predicted octanol–water partition coefficient (Wildman–Crippen LogP) is 4.48. The van der Waals surface area contributed by atoms with Crippen LogP contribution in [0.15, 0.2) is 24.3 Å². The lowest BCUT2D eigenvalue weighted by molar-refractivity contribution is 0.456. The molecule has 0 radical (unpaired) electrons. The molecule has 0 bridgehead atoms. The van der Waals surface area contributed by atoms with Crippen molar-refractivity contribution >= 4 is 0 Å². The standard InChI is InChI=1S/C17H23FN2/c1-13-11-16(7-5-4-6-10-18)19-17(12-13)20-14(2)8-9-15(20)3/h8-9,11-12H,4-7,10H2,1-3H3. The van der Waals surface area contributed by atoms with E-state index in [0.717, 1.165) is 30.8 Å². The maximum Gasteiger partial charge on any atom is 0.137 e. The van der Waals surface area contributed by atoms with E-state index >= 15 is 0 Å². The molecule has 0 N–H and O–H groups in total. The lowest BCUT2D eigenvalue weighted by Gasteiger charge is -2.11. The Morgan fingerprint density at radius 1 is 1.00 bits per heavy atom. The van der Waals surface area contributed by atoms with Crippen LogP contribution in [0.3, 0.4) is 0 Å². The van der Waals surface area contributed by atoms with E-state index in [1.807, 2.05) is 0 Å². The van der Waals surface area contributed by atoms with Gasteiger partial charge in [-0.2, -0.15) is 0 Å². The Morgan fingerprint density at radius 3 is 2.35 bits per heavy atom. The average molecular weight is 274 g/mol. The Labute approximate surface area is 120 Å². The van der Waals surface area contributed by atoms with Crippen LogP contribution in [-0.4, -0.2) is 16.2 Å². The summed E-state index contributed by atoms with van der Waals surface area (Å²) in [5.74, 6) is 0.991. The van der Waals surface area contributed by atoms with E-state index in [1.165, 1.54) is 17.0 Å². The number of halogens is 1. The quantitative estimate of drug-likeness (QED) is 0.710. The zero-order valence-corrected chi connectivity index (χ0v) is 12.6. The second kappa shape index (κ2) is 6.69. The van der Waals surface area contributed by atoms with E-state index in [9.17, 15) is 4.39 Å². The number of aromatic nitrogens is 2. The van der Waals surface area contributed by atoms with E-state index in [4.69, 9.17) is 4.98 Å². The molecule has 3 heteroatoms. The summed E-state index contributed by atoms with van der Waals surface area (Å²) < 4.78 is 14.3. The Bertz CT molecular complexity index is 553. The van der Waals surface area contributed by atoms with Crippen LogP contribution < -0.4 is 0 Å². The molecule has 2 rings (SSSR count). The lowest BCUT2D eigenvalue weighted by Crippen LogP contribution is -2.04. The first-order chi connectivity index (χ1) is 9.61. The van der Waals surface area contributed by atoms with Gasteiger partial charge in [-0.05, 0) is 69.9 Å². The van der Waals surface area contributed by atoms with Crippen molar-refractivity contribution in [2.75, 3.05) is 6.67 Å². The molecule has 20 heavy (non-hydrogen) atoms. The fourth-order valence-electron chi connectivity index (χ4n) is 2.57. The van der Waals surface area contributed by atoms with Gasteiger partial charge in [0.2, 0.25) is 0 Å². The Kier molecular flexibility index (Phi) is 4.94. The molecule has 0 aliphatic carbocycles. The van der Waals surface area contributed by atoms with Crippen LogP contribution in [0.5, 0.6) is 0 Å². The van der Waals surface area contributed by atoms with E-state index in [0.29, 0.717) is 6.42 Å². The summed E-state index contributed by atoms with van der Waals surface area (Å²) in [6.45, 7) is 6.08. The van der Waals surface area contributed by atoms with Crippen LogP contribution in [0.1, 0.15) is 41.9 Å². The minimum absolute atomic E-state index is 0.214. The molecule has 0 spiro atoms. The van der Waals surface area contributed by atoms with Crippen LogP contribution in [0, 0.1) is 20.8 Å². The minimum atomic E-state index is -0.214. The normalized spacial score (nSPS) is 11.0. The van der Waals surface area contributed by atoms with E-state index in [1.54, 1.807) is 0 Å². The highest BCUT2D eigenvalue weighted by Crippen LogP contribution is 2.17. The van der Waals surface area contributed by atoms with E-state index in [2.05, 4.69) is 49.6 Å². The van der Waals surface area contributed by atoms with E-state index in [-0.39, 0.29) is 6.67 Å². The number of nitrogens with zero attached hydrogens (tertiary/aromatic N) is 2. The Morgan fingerprint density at radius 2 is 1.70 bits per heavy atom. The molecule has 0 saturated carbocycles. The van der Waals surface area contributed by atoms with Gasteiger partial charge in [0.1, 0.15) is 5.82 Å². The monoisotopic (exact) mass is 274 g/mol. The van der Waals surface area contributed by atoms with Crippen LogP contribution in [0.2, 0.25) is 0 Å². The zero-order chi connectivity index (χ0) is 14.5. The van der Waals surface area contributed by atoms with Crippen LogP contribution >= 0.6 is 0 Å². The van der Waals surface area contributed by atoms with Crippen LogP contribution in [0.4, 0.5) is 4.39 Å². The second-order valence-electron chi connectivity index (χ2n) is 5.45. The number of pyridine rings is 1. The van der Waals surface area contributed by atoms with Crippen molar-refractivity contribution in [1.29, 1.82) is 0 Å². The first-order valence-corrected chi connectivity index (χ1v) is 7.30. The lowest BCUT2D eigenvalue weighted by atomic mass is 10.1. The van der Waals surface area contributed by atoms with Gasteiger partial charge in [0.15, 0.2) is 0 Å². The van der Waals surface area contributed by atoms with Gasteiger partial charge in [-0.1, -0.05) is 6.42 Å². The van der Waals surface area contributed by atoms with Gasteiger partial charge < -0.3 is 4.57 Å². The first-order valence-electron chi connectivity index (χ1n) is 7.30. The Balaban J connectivity index is 2.21. The highest BCUT2D eigenvalue weighted by molar-refractivity contribution is 5.35. The third-order valence-electron chi connectivity index (χ3n) is 3.58. The molecule has 0 atom stereocenters. The summed E-state index contributed by atoms with van der Waals surface area (Å²) in [5.41, 5.74) is 4.72. The van der Waals surface area contributed by atoms with Crippen molar-refractivity contribution in [2.45, 2.75) is 46.5 Å². The van der Waals surface area contributed by atoms with E-state index < -0.39 is 0 Å². The minimum Gasteiger partial charge on any atom is -0.303 e. The Hall–Kier alpha value is -1.64. The second-order valence-corrected chi connectivity index (χ2v) is 5.45. The molecule has 0 unspecified atom stereocenters. The topological polar surface area (TPSA) is 17.8 Å². The average Bonchev–Trinajstić information content (AvgIpc) is 2.74. The van der Waals surface area contributed by atoms with Gasteiger partial charge in [0.25, 0.3) is 0 Å². The molecular formula is C17H23FN2. The molecule has 2 heterocycles. The van der Waals surface area contributed by atoms with Crippen molar-refractivity contribution in [3.8, 4) is 5.82 Å². The molecule has 2 nitrogen and oxygen atoms in total. The van der Waals surface area contributed by atoms with Crippen molar-refractivity contribution in [1.82, 2.24) is 9.55 Å². The molecule has 0 aromatic carbocycles. The van der Waals surface area contributed by atoms with Crippen molar-refractivity contribution in [3.63, 3.8) is 0 Å². The zero-order valence-electron chi connectivity index (χ0n) is 12.6. The summed E-state index contributed by atoms with van der Waals surface area (Å²) in [7, 11) is 0. The maximum atomic E-state index is 12.1. The highest BCUT2D eigenvalue weighted by atomic mass is 19.1. The van der Waals surface area contributed by atoms with Crippen molar-refractivity contribution in [2.24, 2.45) is 0 Å². The molecule has 2 aromatic heterocycles. The summed E-state index contributed by atoms with van der Waals surface area (Å²) in [6, 6.07) is 8.47. The maximum absolute atomic E-state index is 12.1. The van der Waals surface area contributed by atoms with Crippen LogP contribution in [-0.2, 0) is 6.42 Å². The van der Waals surface area contributed by atoms with Crippen molar-refractivity contribution < 1.29 is 4.39 Å². The van der Waals surface area contributed by atoms with Crippen LogP contribution in [0.25, 0.3) is 5.82 Å². The first kappa shape index (κ1) is 14.8. The third-order valence-corrected chi connectivity index (χ3v) is 3.58. The SMILES string of the molecule is Cc1cc(CCCCCF)nc(-n2c(C)ccc2C)c1. The molecule has 2 aromatic rings. The largest absolute Gasteiger partial charge is 0.303 e. The summed E-state index contributed by atoms with van der Waals surface area (Å²) >= 11 is 0. The summed E-state index contributed by atoms with van der Waals surface area (Å²) in [5, 5.41) is 0. The fraction of sp³-hybridized carbons (Fsp3) is 0.471. The van der Waals surface area contributed by atoms with Gasteiger partial charge in [-0.3, -0.25) is 4.39 Å². The predicted molar refractivity (Wildman–Crippen MR) is 81.3 cm³/mol. The summed E-state index contributed by atoms with van der Waals surface area (Å²) in [6.07, 6.45) is 3.52. The number of aryl methyl sites for hydroxylation is 4. The highest BCUT2D eigenvalue weighted by Gasteiger charge is 2.07. The fourth-order valence-corrected chi connectivity index (χ4v) is 2.57. The molecule has 0 aliphatic heterocycles. The van der Waals surface area contributed by atoms with Gasteiger partial charge in [-0.15, -0.1) is 0 Å². The van der Waals surface area contributed by atoms with Crippen molar-refractivity contribution in [3.05, 3.63) is 46.9 Å². The van der Waals surface area contributed by atoms with Gasteiger partial charge in [0, 0.05) is 17.1 Å². The number of alkyl halides is 1. The molecule has 0 saturated heterocycles. The number of unbranched alkanes of at least 4 members (excludes halogenated alkanes) is 2. The summed E-state index contributed by atoms with van der Waals surface area (Å²) in [4.78, 5) is 4.76. The van der Waals surface area contributed by atoms with Gasteiger partial charge in [-0.25, -0.2) is 4.98 Å². The molecule has 0 fully saturated rings. The number of rotatable bonds is 6. The van der Waals surface area contributed by atoms with Gasteiger partial charge in [0.05, 0.1) is 6.67 Å². The molecular weight excluding hydrogens is 251 g/mol. The van der Waals surface area contributed by atoms with Gasteiger partial charge >= 0.3 is 0 Å². The smallest absolute Gasteiger partial charge is 0.137 e. The molecule has 0 aliphatic rings. The number of hydrogen-bond acceptors (Lipinski definition) is 1. The number of hydrogen-bond donors (Lipinski definition) is 0. The molecule has 0 amide bonds. The third kappa shape index (κ3) is 3.47. The molecule has 108 valence electrons.